The topological polar surface area (TPSA) is 59.5 Å². The minimum Gasteiger partial charge on any atom is -0.496 e. The lowest BCUT2D eigenvalue weighted by atomic mass is 10.2. The SMILES string of the molecule is COc1ccc(S(=O)(=O)N(Cc2cccnc2)c2ccc(C)cc2)cc1C. The van der Waals surface area contributed by atoms with E-state index in [1.165, 1.54) is 4.31 Å². The molecule has 0 N–H and O–H groups in total. The van der Waals surface area contributed by atoms with Crippen molar-refractivity contribution in [1.29, 1.82) is 0 Å². The Kier molecular flexibility index (Phi) is 5.46. The van der Waals surface area contributed by atoms with E-state index in [1.54, 1.807) is 43.8 Å². The molecule has 2 aromatic carbocycles. The minimum absolute atomic E-state index is 0.199. The van der Waals surface area contributed by atoms with Crippen LogP contribution >= 0.6 is 0 Å². The molecule has 5 nitrogen and oxygen atoms in total. The van der Waals surface area contributed by atoms with Crippen molar-refractivity contribution in [2.75, 3.05) is 11.4 Å². The van der Waals surface area contributed by atoms with Gasteiger partial charge >= 0.3 is 0 Å². The molecule has 0 unspecified atom stereocenters. The summed E-state index contributed by atoms with van der Waals surface area (Å²) < 4.78 is 33.5. The van der Waals surface area contributed by atoms with Crippen LogP contribution in [0.2, 0.25) is 0 Å². The Morgan fingerprint density at radius 2 is 1.78 bits per heavy atom. The lowest BCUT2D eigenvalue weighted by molar-refractivity contribution is 0.411. The molecule has 0 atom stereocenters. The van der Waals surface area contributed by atoms with Crippen molar-refractivity contribution in [1.82, 2.24) is 4.98 Å². The second kappa shape index (κ2) is 7.80. The third-order valence-electron chi connectivity index (χ3n) is 4.33. The van der Waals surface area contributed by atoms with Crippen LogP contribution < -0.4 is 9.04 Å². The standard InChI is InChI=1S/C21H22N2O3S/c1-16-6-8-19(9-7-16)23(15-18-5-4-12-22-14-18)27(24,25)20-10-11-21(26-3)17(2)13-20/h4-14H,15H2,1-3H3. The van der Waals surface area contributed by atoms with Crippen LogP contribution in [0.1, 0.15) is 16.7 Å². The highest BCUT2D eigenvalue weighted by Crippen LogP contribution is 2.29. The number of aromatic nitrogens is 1. The lowest BCUT2D eigenvalue weighted by Gasteiger charge is -2.25. The third-order valence-corrected chi connectivity index (χ3v) is 6.10. The van der Waals surface area contributed by atoms with Crippen molar-refractivity contribution in [3.8, 4) is 5.75 Å². The van der Waals surface area contributed by atoms with E-state index < -0.39 is 10.0 Å². The maximum atomic E-state index is 13.4. The van der Waals surface area contributed by atoms with E-state index in [0.29, 0.717) is 11.4 Å². The molecule has 3 rings (SSSR count). The van der Waals surface area contributed by atoms with E-state index in [1.807, 2.05) is 44.2 Å². The van der Waals surface area contributed by atoms with Gasteiger partial charge < -0.3 is 4.74 Å². The normalized spacial score (nSPS) is 11.2. The largest absolute Gasteiger partial charge is 0.496 e. The summed E-state index contributed by atoms with van der Waals surface area (Å²) in [6.45, 7) is 4.00. The summed E-state index contributed by atoms with van der Waals surface area (Å²) in [6, 6.07) is 16.0. The summed E-state index contributed by atoms with van der Waals surface area (Å²) in [5.74, 6) is 0.656. The number of ether oxygens (including phenoxy) is 1. The highest BCUT2D eigenvalue weighted by Gasteiger charge is 2.26. The summed E-state index contributed by atoms with van der Waals surface area (Å²) >= 11 is 0. The molecule has 6 heteroatoms. The zero-order chi connectivity index (χ0) is 19.4. The average molecular weight is 382 g/mol. The fourth-order valence-electron chi connectivity index (χ4n) is 2.82. The van der Waals surface area contributed by atoms with Gasteiger partial charge in [0.15, 0.2) is 0 Å². The zero-order valence-electron chi connectivity index (χ0n) is 15.6. The second-order valence-corrected chi connectivity index (χ2v) is 8.20. The van der Waals surface area contributed by atoms with Crippen LogP contribution in [-0.2, 0) is 16.6 Å². The Bertz CT molecular complexity index is 1020. The first-order chi connectivity index (χ1) is 12.9. The highest BCUT2D eigenvalue weighted by molar-refractivity contribution is 7.92. The van der Waals surface area contributed by atoms with Gasteiger partial charge in [0.2, 0.25) is 0 Å². The first-order valence-electron chi connectivity index (χ1n) is 8.55. The van der Waals surface area contributed by atoms with E-state index in [0.717, 1.165) is 16.7 Å². The molecule has 0 aliphatic rings. The maximum absolute atomic E-state index is 13.4. The molecule has 0 radical (unpaired) electrons. The number of hydrogen-bond acceptors (Lipinski definition) is 4. The predicted molar refractivity (Wildman–Crippen MR) is 107 cm³/mol. The van der Waals surface area contributed by atoms with E-state index >= 15 is 0 Å². The first-order valence-corrected chi connectivity index (χ1v) is 9.99. The fraction of sp³-hybridized carbons (Fsp3) is 0.190. The Hall–Kier alpha value is -2.86. The second-order valence-electron chi connectivity index (χ2n) is 6.34. The smallest absolute Gasteiger partial charge is 0.264 e. The van der Waals surface area contributed by atoms with E-state index in [2.05, 4.69) is 4.98 Å². The van der Waals surface area contributed by atoms with Crippen LogP contribution in [0.15, 0.2) is 71.9 Å². The molecular weight excluding hydrogens is 360 g/mol. The summed E-state index contributed by atoms with van der Waals surface area (Å²) in [7, 11) is -2.20. The maximum Gasteiger partial charge on any atom is 0.264 e. The number of pyridine rings is 1. The molecule has 0 saturated heterocycles. The first kappa shape index (κ1) is 18.9. The Morgan fingerprint density at radius 3 is 2.37 bits per heavy atom. The quantitative estimate of drug-likeness (QED) is 0.644. The number of benzene rings is 2. The van der Waals surface area contributed by atoms with E-state index in [-0.39, 0.29) is 11.4 Å². The molecule has 0 amide bonds. The average Bonchev–Trinajstić information content (AvgIpc) is 2.67. The Morgan fingerprint density at radius 1 is 1.04 bits per heavy atom. The van der Waals surface area contributed by atoms with Gasteiger partial charge in [0, 0.05) is 12.4 Å². The molecule has 27 heavy (non-hydrogen) atoms. The molecule has 0 aliphatic heterocycles. The summed E-state index contributed by atoms with van der Waals surface area (Å²) in [6.07, 6.45) is 3.34. The summed E-state index contributed by atoms with van der Waals surface area (Å²) in [4.78, 5) is 4.33. The van der Waals surface area contributed by atoms with Crippen molar-refractivity contribution in [2.45, 2.75) is 25.3 Å². The molecule has 0 spiro atoms. The third kappa shape index (κ3) is 4.11. The zero-order valence-corrected chi connectivity index (χ0v) is 16.4. The number of nitrogens with zero attached hydrogens (tertiary/aromatic N) is 2. The van der Waals surface area contributed by atoms with Crippen molar-refractivity contribution >= 4 is 15.7 Å². The van der Waals surface area contributed by atoms with Gasteiger partial charge in [-0.1, -0.05) is 23.8 Å². The summed E-state index contributed by atoms with van der Waals surface area (Å²) in [5.41, 5.74) is 3.26. The van der Waals surface area contributed by atoms with Gasteiger partial charge in [0.05, 0.1) is 24.2 Å². The number of sulfonamides is 1. The number of methoxy groups -OCH3 is 1. The molecule has 1 aromatic heterocycles. The monoisotopic (exact) mass is 382 g/mol. The van der Waals surface area contributed by atoms with E-state index in [4.69, 9.17) is 4.74 Å². The lowest BCUT2D eigenvalue weighted by Crippen LogP contribution is -2.30. The highest BCUT2D eigenvalue weighted by atomic mass is 32.2. The van der Waals surface area contributed by atoms with Gasteiger partial charge in [-0.3, -0.25) is 9.29 Å². The van der Waals surface area contributed by atoms with Crippen LogP contribution in [0.4, 0.5) is 5.69 Å². The summed E-state index contributed by atoms with van der Waals surface area (Å²) in [5, 5.41) is 0. The Labute approximate surface area is 160 Å². The van der Waals surface area contributed by atoms with Crippen LogP contribution in [0.3, 0.4) is 0 Å². The Balaban J connectivity index is 2.07. The molecule has 0 saturated carbocycles. The molecule has 1 heterocycles. The number of hydrogen-bond donors (Lipinski definition) is 0. The van der Waals surface area contributed by atoms with Crippen molar-refractivity contribution in [3.05, 3.63) is 83.7 Å². The van der Waals surface area contributed by atoms with Crippen molar-refractivity contribution in [3.63, 3.8) is 0 Å². The number of rotatable bonds is 6. The van der Waals surface area contributed by atoms with Gasteiger partial charge in [-0.25, -0.2) is 8.42 Å². The molecular formula is C21H22N2O3S. The van der Waals surface area contributed by atoms with E-state index in [9.17, 15) is 8.42 Å². The van der Waals surface area contributed by atoms with Crippen molar-refractivity contribution in [2.24, 2.45) is 0 Å². The van der Waals surface area contributed by atoms with Gasteiger partial charge in [-0.15, -0.1) is 0 Å². The van der Waals surface area contributed by atoms with Crippen LogP contribution in [0.5, 0.6) is 5.75 Å². The number of anilines is 1. The van der Waals surface area contributed by atoms with Crippen molar-refractivity contribution < 1.29 is 13.2 Å². The molecule has 0 fully saturated rings. The minimum atomic E-state index is -3.76. The number of aryl methyl sites for hydroxylation is 2. The molecule has 0 aliphatic carbocycles. The van der Waals surface area contributed by atoms with Gasteiger partial charge in [0.25, 0.3) is 10.0 Å². The molecule has 140 valence electrons. The fourth-order valence-corrected chi connectivity index (χ4v) is 4.36. The van der Waals surface area contributed by atoms with Gasteiger partial charge in [-0.2, -0.15) is 0 Å². The van der Waals surface area contributed by atoms with Gasteiger partial charge in [-0.05, 0) is 61.4 Å². The molecule has 3 aromatic rings. The van der Waals surface area contributed by atoms with Gasteiger partial charge in [0.1, 0.15) is 5.75 Å². The predicted octanol–water partition coefficient (Wildman–Crippen LogP) is 4.10. The van der Waals surface area contributed by atoms with Crippen LogP contribution in [0, 0.1) is 13.8 Å². The van der Waals surface area contributed by atoms with Crippen LogP contribution in [0.25, 0.3) is 0 Å². The molecule has 0 bridgehead atoms. The van der Waals surface area contributed by atoms with Crippen LogP contribution in [-0.4, -0.2) is 20.5 Å².